The van der Waals surface area contributed by atoms with Crippen molar-refractivity contribution in [3.8, 4) is 0 Å². The van der Waals surface area contributed by atoms with Gasteiger partial charge in [-0.1, -0.05) is 0 Å². The summed E-state index contributed by atoms with van der Waals surface area (Å²) in [6.07, 6.45) is 11.4. The maximum absolute atomic E-state index is 13.1. The third kappa shape index (κ3) is 7.78. The van der Waals surface area contributed by atoms with E-state index in [2.05, 4.69) is 15.3 Å². The lowest BCUT2D eigenvalue weighted by molar-refractivity contribution is -0.121. The number of nitrogens with one attached hydrogen (secondary N) is 3. The highest BCUT2D eigenvalue weighted by molar-refractivity contribution is 6.00. The fraction of sp³-hybridized carbons (Fsp3) is 0.548. The minimum absolute atomic E-state index is 0.0857. The Morgan fingerprint density at radius 3 is 1.71 bits per heavy atom. The van der Waals surface area contributed by atoms with Crippen molar-refractivity contribution in [2.75, 3.05) is 46.1 Å². The molecule has 2 aliphatic heterocycles. The number of aryl methyl sites for hydroxylation is 2. The summed E-state index contributed by atoms with van der Waals surface area (Å²) in [7, 11) is 0. The average Bonchev–Trinajstić information content (AvgIpc) is 3.74. The number of aromatic amines is 2. The lowest BCUT2D eigenvalue weighted by Gasteiger charge is -2.33. The molecule has 10 heteroatoms. The van der Waals surface area contributed by atoms with Crippen molar-refractivity contribution in [1.82, 2.24) is 20.2 Å². The average molecular weight is 711 g/mol. The maximum Gasteiger partial charge on any atom is 0.335 e. The molecule has 2 fully saturated rings. The van der Waals surface area contributed by atoms with E-state index in [4.69, 9.17) is 9.47 Å². The van der Waals surface area contributed by atoms with Gasteiger partial charge in [0.2, 0.25) is 5.91 Å². The monoisotopic (exact) mass is 710 g/mol. The molecule has 0 saturated carbocycles. The van der Waals surface area contributed by atoms with Crippen LogP contribution in [-0.2, 0) is 40.0 Å². The predicted molar refractivity (Wildman–Crippen MR) is 202 cm³/mol. The lowest BCUT2D eigenvalue weighted by Crippen LogP contribution is -2.40. The van der Waals surface area contributed by atoms with Gasteiger partial charge in [0.1, 0.15) is 0 Å². The van der Waals surface area contributed by atoms with E-state index >= 15 is 0 Å². The van der Waals surface area contributed by atoms with Gasteiger partial charge in [0.05, 0.1) is 12.1 Å². The molecule has 278 valence electrons. The third-order valence-corrected chi connectivity index (χ3v) is 12.2. The van der Waals surface area contributed by atoms with Gasteiger partial charge in [-0.25, -0.2) is 4.79 Å². The van der Waals surface area contributed by atoms with Gasteiger partial charge in [0.25, 0.3) is 5.91 Å². The number of hydrogen-bond acceptors (Lipinski definition) is 5. The minimum Gasteiger partial charge on any atom is -0.478 e. The van der Waals surface area contributed by atoms with E-state index < -0.39 is 5.97 Å². The molecule has 0 spiro atoms. The molecular weight excluding hydrogens is 656 g/mol. The summed E-state index contributed by atoms with van der Waals surface area (Å²) in [5.74, 6) is 1.86. The third-order valence-electron chi connectivity index (χ3n) is 12.2. The Morgan fingerprint density at radius 2 is 1.23 bits per heavy atom. The van der Waals surface area contributed by atoms with Gasteiger partial charge in [-0.05, 0) is 149 Å². The first kappa shape index (κ1) is 36.2. The highest BCUT2D eigenvalue weighted by atomic mass is 16.5. The number of carboxylic acid groups (broad SMARTS) is 1. The number of nitrogens with zero attached hydrogens (tertiary/aromatic N) is 1. The summed E-state index contributed by atoms with van der Waals surface area (Å²) in [5, 5.41) is 14.3. The van der Waals surface area contributed by atoms with Crippen LogP contribution < -0.4 is 5.32 Å². The molecule has 0 radical (unpaired) electrons. The van der Waals surface area contributed by atoms with Gasteiger partial charge in [0, 0.05) is 78.3 Å². The highest BCUT2D eigenvalue weighted by Gasteiger charge is 2.31. The number of H-pyrrole nitrogens is 2. The first-order chi connectivity index (χ1) is 25.3. The molecular formula is C42H54N4O6. The molecule has 10 nitrogen and oxygen atoms in total. The summed E-state index contributed by atoms with van der Waals surface area (Å²) in [4.78, 5) is 45.0. The number of aromatic nitrogens is 2. The fourth-order valence-electron chi connectivity index (χ4n) is 9.27. The second kappa shape index (κ2) is 16.3. The van der Waals surface area contributed by atoms with Crippen molar-refractivity contribution in [3.63, 3.8) is 0 Å². The van der Waals surface area contributed by atoms with Crippen molar-refractivity contribution < 1.29 is 29.0 Å². The molecule has 4 heterocycles. The molecule has 2 atom stereocenters. The Bertz CT molecular complexity index is 1900. The van der Waals surface area contributed by atoms with Crippen LogP contribution in [-0.4, -0.2) is 83.8 Å². The smallest absolute Gasteiger partial charge is 0.335 e. The van der Waals surface area contributed by atoms with Gasteiger partial charge >= 0.3 is 5.97 Å². The van der Waals surface area contributed by atoms with Crippen molar-refractivity contribution in [1.29, 1.82) is 0 Å². The summed E-state index contributed by atoms with van der Waals surface area (Å²) >= 11 is 0. The zero-order valence-corrected chi connectivity index (χ0v) is 30.7. The number of carbonyl (C=O) groups excluding carboxylic acids is 2. The quantitative estimate of drug-likeness (QED) is 0.161. The van der Waals surface area contributed by atoms with Crippen LogP contribution in [0.3, 0.4) is 0 Å². The Labute approximate surface area is 306 Å². The fourth-order valence-corrected chi connectivity index (χ4v) is 9.27. The molecule has 2 unspecified atom stereocenters. The highest BCUT2D eigenvalue weighted by Crippen LogP contribution is 2.39. The number of benzene rings is 2. The van der Waals surface area contributed by atoms with Crippen LogP contribution in [0.5, 0.6) is 0 Å². The molecule has 2 aromatic carbocycles. The number of rotatable bonds is 8. The molecule has 2 amide bonds. The van der Waals surface area contributed by atoms with Crippen LogP contribution in [0, 0.1) is 23.7 Å². The van der Waals surface area contributed by atoms with E-state index in [1.54, 1.807) is 11.0 Å². The summed E-state index contributed by atoms with van der Waals surface area (Å²) < 4.78 is 11.0. The largest absolute Gasteiger partial charge is 0.478 e. The number of hydrogen-bond donors (Lipinski definition) is 4. The zero-order chi connectivity index (χ0) is 36.2. The van der Waals surface area contributed by atoms with Crippen LogP contribution in [0.15, 0.2) is 36.4 Å². The normalized spacial score (nSPS) is 20.8. The van der Waals surface area contributed by atoms with E-state index in [1.165, 1.54) is 53.6 Å². The number of amides is 2. The number of carbonyl (C=O) groups is 3. The predicted octanol–water partition coefficient (Wildman–Crippen LogP) is 6.70. The first-order valence-corrected chi connectivity index (χ1v) is 19.5. The van der Waals surface area contributed by atoms with Gasteiger partial charge < -0.3 is 34.8 Å². The topological polar surface area (TPSA) is 137 Å². The van der Waals surface area contributed by atoms with Crippen molar-refractivity contribution in [3.05, 3.63) is 70.0 Å². The van der Waals surface area contributed by atoms with Gasteiger partial charge in [-0.3, -0.25) is 9.59 Å². The molecule has 0 bridgehead atoms. The van der Waals surface area contributed by atoms with E-state index in [0.29, 0.717) is 36.1 Å². The lowest BCUT2D eigenvalue weighted by atomic mass is 9.75. The maximum atomic E-state index is 13.1. The second-order valence-corrected chi connectivity index (χ2v) is 15.2. The Morgan fingerprint density at radius 1 is 0.731 bits per heavy atom. The number of fused-ring (bicyclic) bond motifs is 6. The van der Waals surface area contributed by atoms with Crippen LogP contribution in [0.25, 0.3) is 21.8 Å². The first-order valence-electron chi connectivity index (χ1n) is 19.5. The van der Waals surface area contributed by atoms with Gasteiger partial charge in [-0.2, -0.15) is 0 Å². The van der Waals surface area contributed by atoms with Gasteiger partial charge in [0.15, 0.2) is 0 Å². The van der Waals surface area contributed by atoms with Crippen LogP contribution in [0.2, 0.25) is 0 Å². The molecule has 2 aromatic heterocycles. The molecule has 2 saturated heterocycles. The van der Waals surface area contributed by atoms with E-state index in [0.717, 1.165) is 93.2 Å². The Kier molecular flexibility index (Phi) is 11.3. The van der Waals surface area contributed by atoms with E-state index in [1.807, 2.05) is 44.2 Å². The zero-order valence-electron chi connectivity index (χ0n) is 30.7. The summed E-state index contributed by atoms with van der Waals surface area (Å²) in [5.41, 5.74) is 8.58. The number of carboxylic acids is 1. The molecule has 52 heavy (non-hydrogen) atoms. The molecule has 8 rings (SSSR count). The van der Waals surface area contributed by atoms with Crippen molar-refractivity contribution in [2.45, 2.75) is 78.1 Å². The summed E-state index contributed by atoms with van der Waals surface area (Å²) in [6.45, 7) is 8.52. The molecule has 4 aromatic rings. The molecule has 2 aliphatic carbocycles. The van der Waals surface area contributed by atoms with Crippen LogP contribution in [0.4, 0.5) is 0 Å². The molecule has 4 aliphatic rings. The van der Waals surface area contributed by atoms with Crippen molar-refractivity contribution in [2.24, 2.45) is 23.7 Å². The second-order valence-electron chi connectivity index (χ2n) is 15.2. The Balaban J connectivity index is 0.000000169. The standard InChI is InChI=1S/C24H33N3O3.C18H21NO3/c1-3-25-23(28)15-27(4-2)24(29)18-6-8-22-20(14-18)19-13-17(5-7-21(19)26-22)16-9-11-30-12-10-16;20-18(21)13-2-4-17-15(10-13)14-9-12(1-3-16(14)19-17)11-5-7-22-8-6-11/h6,8,14,16-17,26H,3-5,7,9-13,15H2,1-2H3,(H,25,28);2,4,10-12,19H,1,3,5-9H2,(H,20,21). The number of ether oxygens (including phenoxy) is 2. The van der Waals surface area contributed by atoms with Crippen LogP contribution >= 0.6 is 0 Å². The summed E-state index contributed by atoms with van der Waals surface area (Å²) in [6, 6.07) is 11.3. The number of likely N-dealkylation sites (N-methyl/N-ethyl adjacent to an activating group) is 2. The van der Waals surface area contributed by atoms with Crippen LogP contribution in [0.1, 0.15) is 95.6 Å². The van der Waals surface area contributed by atoms with Gasteiger partial charge in [-0.15, -0.1) is 0 Å². The van der Waals surface area contributed by atoms with E-state index in [9.17, 15) is 19.5 Å². The Hall–Kier alpha value is -4.15. The minimum atomic E-state index is -0.853. The van der Waals surface area contributed by atoms with E-state index in [-0.39, 0.29) is 18.4 Å². The number of aromatic carboxylic acids is 1. The molecule has 4 N–H and O–H groups in total. The SMILES string of the molecule is CCNC(=O)CN(CC)C(=O)c1ccc2[nH]c3c(c2c1)CC(C1CCOCC1)CC3.O=C(O)c1ccc2[nH]c3c(c2c1)CC(C1CCOCC1)CC3. The van der Waals surface area contributed by atoms with Crippen molar-refractivity contribution >= 4 is 39.6 Å².